The number of hydrogen-bond acceptors (Lipinski definition) is 6. The first-order valence-corrected chi connectivity index (χ1v) is 7.00. The van der Waals surface area contributed by atoms with Gasteiger partial charge in [0.2, 0.25) is 11.8 Å². The number of amides is 1. The van der Waals surface area contributed by atoms with Gasteiger partial charge in [0.25, 0.3) is 5.91 Å². The molecule has 7 nitrogen and oxygen atoms in total. The second-order valence-electron chi connectivity index (χ2n) is 5.37. The van der Waals surface area contributed by atoms with Crippen LogP contribution in [0.2, 0.25) is 0 Å². The molecule has 2 aromatic rings. The highest BCUT2D eigenvalue weighted by molar-refractivity contribution is 6.03. The van der Waals surface area contributed by atoms with Crippen molar-refractivity contribution in [3.63, 3.8) is 0 Å². The molecular formula is C15H20N4O3. The van der Waals surface area contributed by atoms with Crippen LogP contribution in [0.3, 0.4) is 0 Å². The first-order chi connectivity index (χ1) is 10.4. The maximum atomic E-state index is 12.4. The van der Waals surface area contributed by atoms with Crippen molar-refractivity contribution in [2.24, 2.45) is 5.92 Å². The van der Waals surface area contributed by atoms with Crippen molar-refractivity contribution in [2.75, 3.05) is 12.8 Å². The zero-order valence-electron chi connectivity index (χ0n) is 13.1. The van der Waals surface area contributed by atoms with E-state index in [1.807, 2.05) is 20.8 Å². The minimum absolute atomic E-state index is 0.00337. The molecule has 0 aliphatic rings. The van der Waals surface area contributed by atoms with Crippen molar-refractivity contribution in [1.29, 1.82) is 0 Å². The molecule has 22 heavy (non-hydrogen) atoms. The van der Waals surface area contributed by atoms with Crippen LogP contribution in [-0.4, -0.2) is 29.2 Å². The number of ether oxygens (including phenoxy) is 1. The second kappa shape index (κ2) is 6.46. The Balaban J connectivity index is 2.32. The molecule has 0 spiro atoms. The van der Waals surface area contributed by atoms with Crippen molar-refractivity contribution >= 4 is 11.8 Å². The predicted molar refractivity (Wildman–Crippen MR) is 82.5 cm³/mol. The summed E-state index contributed by atoms with van der Waals surface area (Å²) < 4.78 is 9.99. The van der Waals surface area contributed by atoms with Crippen LogP contribution < -0.4 is 15.8 Å². The molecule has 2 aromatic heterocycles. The van der Waals surface area contributed by atoms with Gasteiger partial charge >= 0.3 is 0 Å². The van der Waals surface area contributed by atoms with Crippen LogP contribution in [0.4, 0.5) is 5.88 Å². The van der Waals surface area contributed by atoms with E-state index in [1.165, 1.54) is 7.11 Å². The van der Waals surface area contributed by atoms with Gasteiger partial charge in [-0.1, -0.05) is 19.0 Å². The van der Waals surface area contributed by atoms with Crippen molar-refractivity contribution in [3.05, 3.63) is 23.9 Å². The van der Waals surface area contributed by atoms with Gasteiger partial charge in [0.1, 0.15) is 11.3 Å². The molecule has 7 heteroatoms. The molecule has 2 heterocycles. The van der Waals surface area contributed by atoms with E-state index in [1.54, 1.807) is 18.3 Å². The maximum absolute atomic E-state index is 12.4. The summed E-state index contributed by atoms with van der Waals surface area (Å²) >= 11 is 0. The van der Waals surface area contributed by atoms with Crippen LogP contribution in [-0.2, 0) is 0 Å². The fraction of sp³-hybridized carbons (Fsp3) is 0.400. The minimum Gasteiger partial charge on any atom is -0.481 e. The lowest BCUT2D eigenvalue weighted by Crippen LogP contribution is -2.36. The van der Waals surface area contributed by atoms with Gasteiger partial charge in [0.05, 0.1) is 7.11 Å². The molecule has 1 unspecified atom stereocenters. The number of methoxy groups -OCH3 is 1. The van der Waals surface area contributed by atoms with Gasteiger partial charge in [0, 0.05) is 23.9 Å². The number of carbonyl (C=O) groups is 1. The number of aromatic nitrogens is 2. The highest BCUT2D eigenvalue weighted by Crippen LogP contribution is 2.27. The third-order valence-corrected chi connectivity index (χ3v) is 3.52. The van der Waals surface area contributed by atoms with Gasteiger partial charge < -0.3 is 20.3 Å². The number of nitrogens with zero attached hydrogens (tertiary/aromatic N) is 2. The van der Waals surface area contributed by atoms with Gasteiger partial charge in [0.15, 0.2) is 0 Å². The van der Waals surface area contributed by atoms with Gasteiger partial charge in [-0.3, -0.25) is 4.79 Å². The Labute approximate surface area is 128 Å². The first kappa shape index (κ1) is 15.8. The summed E-state index contributed by atoms with van der Waals surface area (Å²) in [6.45, 7) is 5.98. The quantitative estimate of drug-likeness (QED) is 0.876. The molecule has 0 aliphatic carbocycles. The second-order valence-corrected chi connectivity index (χ2v) is 5.37. The number of anilines is 1. The molecule has 0 saturated carbocycles. The summed E-state index contributed by atoms with van der Waals surface area (Å²) in [5.41, 5.74) is 6.96. The molecule has 0 aliphatic heterocycles. The van der Waals surface area contributed by atoms with Crippen molar-refractivity contribution < 1.29 is 14.1 Å². The van der Waals surface area contributed by atoms with Crippen molar-refractivity contribution in [2.45, 2.75) is 26.8 Å². The summed E-state index contributed by atoms with van der Waals surface area (Å²) in [5, 5.41) is 6.76. The molecule has 0 bridgehead atoms. The van der Waals surface area contributed by atoms with Crippen LogP contribution in [0.5, 0.6) is 5.88 Å². The lowest BCUT2D eigenvalue weighted by Gasteiger charge is -2.17. The van der Waals surface area contributed by atoms with Crippen LogP contribution in [0.1, 0.15) is 31.1 Å². The van der Waals surface area contributed by atoms with E-state index in [-0.39, 0.29) is 23.4 Å². The number of nitrogen functional groups attached to an aromatic ring is 1. The van der Waals surface area contributed by atoms with E-state index in [4.69, 9.17) is 15.0 Å². The third kappa shape index (κ3) is 3.19. The van der Waals surface area contributed by atoms with E-state index in [0.29, 0.717) is 23.1 Å². The molecular weight excluding hydrogens is 284 g/mol. The molecule has 0 aromatic carbocycles. The normalized spacial score (nSPS) is 12.2. The molecule has 118 valence electrons. The van der Waals surface area contributed by atoms with E-state index in [0.717, 1.165) is 0 Å². The van der Waals surface area contributed by atoms with Crippen LogP contribution in [0, 0.1) is 5.92 Å². The summed E-state index contributed by atoms with van der Waals surface area (Å²) in [6, 6.07) is 3.42. The largest absolute Gasteiger partial charge is 0.481 e. The predicted octanol–water partition coefficient (Wildman–Crippen LogP) is 2.10. The number of hydrogen-bond donors (Lipinski definition) is 2. The van der Waals surface area contributed by atoms with E-state index in [2.05, 4.69) is 15.5 Å². The summed E-state index contributed by atoms with van der Waals surface area (Å²) in [5.74, 6) is 0.445. The lowest BCUT2D eigenvalue weighted by molar-refractivity contribution is 0.0931. The summed E-state index contributed by atoms with van der Waals surface area (Å²) in [7, 11) is 1.53. The molecule has 0 fully saturated rings. The minimum atomic E-state index is -0.314. The topological polar surface area (TPSA) is 103 Å². The van der Waals surface area contributed by atoms with Crippen LogP contribution in [0.15, 0.2) is 22.9 Å². The molecule has 0 radical (unpaired) electrons. The van der Waals surface area contributed by atoms with Gasteiger partial charge in [-0.25, -0.2) is 4.98 Å². The lowest BCUT2D eigenvalue weighted by atomic mass is 10.0. The average molecular weight is 304 g/mol. The fourth-order valence-corrected chi connectivity index (χ4v) is 1.81. The van der Waals surface area contributed by atoms with Gasteiger partial charge in [-0.2, -0.15) is 0 Å². The van der Waals surface area contributed by atoms with E-state index in [9.17, 15) is 4.79 Å². The number of carbonyl (C=O) groups excluding carboxylic acids is 1. The monoisotopic (exact) mass is 304 g/mol. The average Bonchev–Trinajstić information content (AvgIpc) is 2.89. The highest BCUT2D eigenvalue weighted by Gasteiger charge is 2.24. The SMILES string of the molecule is COc1ccc(-c2noc(N)c2C(=O)NC(C)C(C)C)cn1. The number of nitrogens with two attached hydrogens (primary N) is 1. The number of pyridine rings is 1. The Hall–Kier alpha value is -2.57. The highest BCUT2D eigenvalue weighted by atomic mass is 16.5. The number of nitrogens with one attached hydrogen (secondary N) is 1. The zero-order chi connectivity index (χ0) is 16.3. The van der Waals surface area contributed by atoms with Crippen LogP contribution >= 0.6 is 0 Å². The summed E-state index contributed by atoms with van der Waals surface area (Å²) in [6.07, 6.45) is 1.55. The Morgan fingerprint density at radius 3 is 2.64 bits per heavy atom. The Kier molecular flexibility index (Phi) is 4.65. The molecule has 1 amide bonds. The van der Waals surface area contributed by atoms with Gasteiger partial charge in [-0.05, 0) is 18.9 Å². The fourth-order valence-electron chi connectivity index (χ4n) is 1.81. The smallest absolute Gasteiger partial charge is 0.259 e. The Morgan fingerprint density at radius 1 is 1.36 bits per heavy atom. The first-order valence-electron chi connectivity index (χ1n) is 7.00. The van der Waals surface area contributed by atoms with E-state index < -0.39 is 0 Å². The Morgan fingerprint density at radius 2 is 2.09 bits per heavy atom. The molecule has 3 N–H and O–H groups in total. The molecule has 1 atom stereocenters. The third-order valence-electron chi connectivity index (χ3n) is 3.52. The summed E-state index contributed by atoms with van der Waals surface area (Å²) in [4.78, 5) is 16.5. The van der Waals surface area contributed by atoms with Crippen molar-refractivity contribution in [1.82, 2.24) is 15.5 Å². The van der Waals surface area contributed by atoms with Crippen molar-refractivity contribution in [3.8, 4) is 17.1 Å². The molecule has 2 rings (SSSR count). The van der Waals surface area contributed by atoms with Gasteiger partial charge in [-0.15, -0.1) is 0 Å². The maximum Gasteiger partial charge on any atom is 0.259 e. The van der Waals surface area contributed by atoms with E-state index >= 15 is 0 Å². The molecule has 0 saturated heterocycles. The Bertz CT molecular complexity index is 649. The number of rotatable bonds is 5. The van der Waals surface area contributed by atoms with Crippen LogP contribution in [0.25, 0.3) is 11.3 Å². The standard InChI is InChI=1S/C15H20N4O3/c1-8(2)9(3)18-15(20)12-13(19-22-14(12)16)10-5-6-11(21-4)17-7-10/h5-9H,16H2,1-4H3,(H,18,20). The zero-order valence-corrected chi connectivity index (χ0v) is 13.1.